The second-order valence-electron chi connectivity index (χ2n) is 4.66. The molecule has 1 fully saturated rings. The van der Waals surface area contributed by atoms with Gasteiger partial charge >= 0.3 is 0 Å². The molecule has 0 aromatic carbocycles. The van der Waals surface area contributed by atoms with Crippen molar-refractivity contribution in [2.24, 2.45) is 5.92 Å². The summed E-state index contributed by atoms with van der Waals surface area (Å²) in [6.07, 6.45) is 6.78. The average molecular weight is 255 g/mol. The van der Waals surface area contributed by atoms with Gasteiger partial charge in [0, 0.05) is 19.6 Å². The van der Waals surface area contributed by atoms with Crippen LogP contribution in [-0.2, 0) is 16.1 Å². The summed E-state index contributed by atoms with van der Waals surface area (Å²) in [6, 6.07) is 0. The number of methoxy groups -OCH3 is 2. The van der Waals surface area contributed by atoms with Crippen LogP contribution in [0.4, 0.5) is 0 Å². The predicted molar refractivity (Wildman–Crippen MR) is 69.2 cm³/mol. The summed E-state index contributed by atoms with van der Waals surface area (Å²) in [4.78, 5) is 4.61. The number of nitrogens with zero attached hydrogens (tertiary/aromatic N) is 1. The van der Waals surface area contributed by atoms with Gasteiger partial charge in [0.05, 0.1) is 12.3 Å². The maximum atomic E-state index is 5.67. The summed E-state index contributed by atoms with van der Waals surface area (Å²) in [5.41, 5.74) is 1.02. The van der Waals surface area contributed by atoms with Gasteiger partial charge in [-0.15, -0.1) is 11.3 Å². The number of ether oxygens (including phenoxy) is 2. The highest BCUT2D eigenvalue weighted by Gasteiger charge is 2.27. The fourth-order valence-electron chi connectivity index (χ4n) is 2.60. The Morgan fingerprint density at radius 3 is 2.76 bits per heavy atom. The molecule has 3 nitrogen and oxygen atoms in total. The minimum Gasteiger partial charge on any atom is -0.378 e. The molecule has 1 unspecified atom stereocenters. The van der Waals surface area contributed by atoms with Crippen molar-refractivity contribution in [3.63, 3.8) is 0 Å². The Morgan fingerprint density at radius 2 is 2.12 bits per heavy atom. The SMILES string of the molecule is COCc1csc(C(OC)C2CCCCC2)n1. The van der Waals surface area contributed by atoms with Crippen LogP contribution < -0.4 is 0 Å². The van der Waals surface area contributed by atoms with Crippen molar-refractivity contribution in [3.05, 3.63) is 16.1 Å². The molecule has 96 valence electrons. The molecular weight excluding hydrogens is 234 g/mol. The molecule has 0 bridgehead atoms. The fourth-order valence-corrected chi connectivity index (χ4v) is 3.57. The van der Waals surface area contributed by atoms with Crippen molar-refractivity contribution in [1.82, 2.24) is 4.98 Å². The zero-order valence-corrected chi connectivity index (χ0v) is 11.5. The lowest BCUT2D eigenvalue weighted by Gasteiger charge is -2.27. The molecule has 1 aliphatic carbocycles. The summed E-state index contributed by atoms with van der Waals surface area (Å²) in [5, 5.41) is 3.19. The minimum absolute atomic E-state index is 0.186. The van der Waals surface area contributed by atoms with Crippen molar-refractivity contribution < 1.29 is 9.47 Å². The summed E-state index contributed by atoms with van der Waals surface area (Å²) >= 11 is 1.70. The van der Waals surface area contributed by atoms with E-state index < -0.39 is 0 Å². The van der Waals surface area contributed by atoms with E-state index in [1.807, 2.05) is 0 Å². The second-order valence-corrected chi connectivity index (χ2v) is 5.55. The summed E-state index contributed by atoms with van der Waals surface area (Å²) in [6.45, 7) is 0.595. The molecule has 1 aromatic rings. The molecule has 4 heteroatoms. The Kier molecular flexibility index (Phi) is 4.95. The zero-order chi connectivity index (χ0) is 12.1. The molecule has 17 heavy (non-hydrogen) atoms. The maximum absolute atomic E-state index is 5.67. The van der Waals surface area contributed by atoms with Crippen LogP contribution in [0, 0.1) is 5.92 Å². The van der Waals surface area contributed by atoms with Crippen LogP contribution in [0.1, 0.15) is 48.9 Å². The van der Waals surface area contributed by atoms with Crippen LogP contribution in [-0.4, -0.2) is 19.2 Å². The van der Waals surface area contributed by atoms with Crippen LogP contribution in [0.25, 0.3) is 0 Å². The molecule has 1 aromatic heterocycles. The van der Waals surface area contributed by atoms with Crippen LogP contribution in [0.3, 0.4) is 0 Å². The van der Waals surface area contributed by atoms with E-state index in [-0.39, 0.29) is 6.10 Å². The first kappa shape index (κ1) is 13.0. The molecule has 0 radical (unpaired) electrons. The number of hydrogen-bond donors (Lipinski definition) is 0. The predicted octanol–water partition coefficient (Wildman–Crippen LogP) is 3.56. The zero-order valence-electron chi connectivity index (χ0n) is 10.6. The van der Waals surface area contributed by atoms with Gasteiger partial charge < -0.3 is 9.47 Å². The highest BCUT2D eigenvalue weighted by Crippen LogP contribution is 2.37. The first-order valence-electron chi connectivity index (χ1n) is 6.31. The molecule has 0 spiro atoms. The van der Waals surface area contributed by atoms with E-state index in [2.05, 4.69) is 10.4 Å². The van der Waals surface area contributed by atoms with Gasteiger partial charge in [-0.3, -0.25) is 0 Å². The lowest BCUT2D eigenvalue weighted by Crippen LogP contribution is -2.17. The van der Waals surface area contributed by atoms with Gasteiger partial charge in [-0.1, -0.05) is 19.3 Å². The summed E-state index contributed by atoms with van der Waals surface area (Å²) in [5.74, 6) is 0.648. The van der Waals surface area contributed by atoms with E-state index in [0.717, 1.165) is 10.7 Å². The second kappa shape index (κ2) is 6.47. The normalized spacial score (nSPS) is 19.4. The molecule has 0 aliphatic heterocycles. The van der Waals surface area contributed by atoms with Gasteiger partial charge in [0.25, 0.3) is 0 Å². The maximum Gasteiger partial charge on any atom is 0.122 e. The van der Waals surface area contributed by atoms with Gasteiger partial charge in [0.2, 0.25) is 0 Å². The van der Waals surface area contributed by atoms with Crippen LogP contribution in [0.15, 0.2) is 5.38 Å². The molecule has 1 aliphatic rings. The van der Waals surface area contributed by atoms with E-state index in [1.165, 1.54) is 32.1 Å². The van der Waals surface area contributed by atoms with Crippen molar-refractivity contribution in [1.29, 1.82) is 0 Å². The Labute approximate surface area is 107 Å². The van der Waals surface area contributed by atoms with E-state index in [4.69, 9.17) is 9.47 Å². The van der Waals surface area contributed by atoms with E-state index >= 15 is 0 Å². The molecule has 1 atom stereocenters. The highest BCUT2D eigenvalue weighted by atomic mass is 32.1. The lowest BCUT2D eigenvalue weighted by molar-refractivity contribution is 0.0349. The quantitative estimate of drug-likeness (QED) is 0.806. The monoisotopic (exact) mass is 255 g/mol. The third-order valence-corrected chi connectivity index (χ3v) is 4.39. The van der Waals surface area contributed by atoms with Crippen LogP contribution in [0.2, 0.25) is 0 Å². The molecule has 2 rings (SSSR count). The summed E-state index contributed by atoms with van der Waals surface area (Å²) in [7, 11) is 3.50. The fraction of sp³-hybridized carbons (Fsp3) is 0.769. The Hall–Kier alpha value is -0.450. The van der Waals surface area contributed by atoms with Crippen LogP contribution in [0.5, 0.6) is 0 Å². The molecule has 1 heterocycles. The molecule has 0 saturated heterocycles. The minimum atomic E-state index is 0.186. The van der Waals surface area contributed by atoms with Gasteiger partial charge in [0.1, 0.15) is 11.1 Å². The molecular formula is C13H21NO2S. The van der Waals surface area contributed by atoms with Crippen LogP contribution >= 0.6 is 11.3 Å². The smallest absolute Gasteiger partial charge is 0.122 e. The average Bonchev–Trinajstić information content (AvgIpc) is 2.81. The Morgan fingerprint density at radius 1 is 1.35 bits per heavy atom. The number of thiazole rings is 1. The van der Waals surface area contributed by atoms with E-state index in [1.54, 1.807) is 25.6 Å². The summed E-state index contributed by atoms with van der Waals surface area (Å²) < 4.78 is 10.8. The Bertz CT molecular complexity index is 334. The van der Waals surface area contributed by atoms with Crippen molar-refractivity contribution >= 4 is 11.3 Å². The number of aromatic nitrogens is 1. The van der Waals surface area contributed by atoms with Gasteiger partial charge in [0.15, 0.2) is 0 Å². The van der Waals surface area contributed by atoms with E-state index in [0.29, 0.717) is 12.5 Å². The number of hydrogen-bond acceptors (Lipinski definition) is 4. The number of rotatable bonds is 5. The topological polar surface area (TPSA) is 31.4 Å². The third-order valence-electron chi connectivity index (χ3n) is 3.44. The standard InChI is InChI=1S/C13H21NO2S/c1-15-8-11-9-17-13(14-11)12(16-2)10-6-4-3-5-7-10/h9-10,12H,3-8H2,1-2H3. The van der Waals surface area contributed by atoms with Gasteiger partial charge in [-0.05, 0) is 18.8 Å². The van der Waals surface area contributed by atoms with Crippen molar-refractivity contribution in [3.8, 4) is 0 Å². The van der Waals surface area contributed by atoms with Gasteiger partial charge in [-0.2, -0.15) is 0 Å². The third kappa shape index (κ3) is 3.27. The van der Waals surface area contributed by atoms with Gasteiger partial charge in [-0.25, -0.2) is 4.98 Å². The first-order chi connectivity index (χ1) is 8.35. The highest BCUT2D eigenvalue weighted by molar-refractivity contribution is 7.09. The first-order valence-corrected chi connectivity index (χ1v) is 7.19. The lowest BCUT2D eigenvalue weighted by atomic mass is 9.85. The van der Waals surface area contributed by atoms with Crippen molar-refractivity contribution in [2.45, 2.75) is 44.8 Å². The largest absolute Gasteiger partial charge is 0.378 e. The molecule has 0 amide bonds. The molecule has 1 saturated carbocycles. The van der Waals surface area contributed by atoms with Crippen molar-refractivity contribution in [2.75, 3.05) is 14.2 Å². The molecule has 0 N–H and O–H groups in total. The van der Waals surface area contributed by atoms with E-state index in [9.17, 15) is 0 Å². The Balaban J connectivity index is 2.04.